The number of nitrogens with one attached hydrogen (secondary N) is 1. The fourth-order valence-electron chi connectivity index (χ4n) is 2.15. The Hall–Kier alpha value is -2.51. The number of aliphatic hydroxyl groups is 1. The number of nitro benzene ring substituents is 1. The number of halogens is 1. The van der Waals surface area contributed by atoms with Crippen LogP contribution in [0.3, 0.4) is 0 Å². The van der Waals surface area contributed by atoms with Gasteiger partial charge in [0, 0.05) is 42.6 Å². The van der Waals surface area contributed by atoms with Crippen LogP contribution in [0.2, 0.25) is 5.02 Å². The van der Waals surface area contributed by atoms with Crippen molar-refractivity contribution in [2.45, 2.75) is 6.42 Å². The summed E-state index contributed by atoms with van der Waals surface area (Å²) in [5.74, 6) is -0.594. The van der Waals surface area contributed by atoms with Gasteiger partial charge in [0.05, 0.1) is 4.92 Å². The van der Waals surface area contributed by atoms with Crippen LogP contribution < -0.4 is 5.32 Å². The summed E-state index contributed by atoms with van der Waals surface area (Å²) in [6.45, 7) is 0.151. The highest BCUT2D eigenvalue weighted by atomic mass is 35.5. The van der Waals surface area contributed by atoms with Crippen molar-refractivity contribution in [3.8, 4) is 0 Å². The molecule has 1 aromatic carbocycles. The first kappa shape index (κ1) is 17.8. The van der Waals surface area contributed by atoms with Gasteiger partial charge in [-0.25, -0.2) is 0 Å². The van der Waals surface area contributed by atoms with E-state index in [-0.39, 0.29) is 35.3 Å². The lowest BCUT2D eigenvalue weighted by Gasteiger charge is -2.14. The van der Waals surface area contributed by atoms with Crippen LogP contribution in [-0.2, 0) is 6.42 Å². The van der Waals surface area contributed by atoms with Crippen molar-refractivity contribution in [3.63, 3.8) is 0 Å². The summed E-state index contributed by atoms with van der Waals surface area (Å²) in [5.41, 5.74) is 0.793. The molecule has 0 spiro atoms. The number of hydrogen-bond donors (Lipinski definition) is 2. The molecule has 1 unspecified atom stereocenters. The van der Waals surface area contributed by atoms with Gasteiger partial charge in [-0.05, 0) is 30.7 Å². The zero-order chi connectivity index (χ0) is 17.5. The molecule has 0 saturated heterocycles. The molecule has 126 valence electrons. The van der Waals surface area contributed by atoms with Crippen molar-refractivity contribution in [1.29, 1.82) is 0 Å². The first-order chi connectivity index (χ1) is 11.5. The summed E-state index contributed by atoms with van der Waals surface area (Å²) >= 11 is 5.80. The summed E-state index contributed by atoms with van der Waals surface area (Å²) in [5, 5.41) is 22.7. The van der Waals surface area contributed by atoms with Gasteiger partial charge in [0.25, 0.3) is 11.6 Å². The highest BCUT2D eigenvalue weighted by Gasteiger charge is 2.16. The number of aromatic nitrogens is 1. The van der Waals surface area contributed by atoms with Crippen molar-refractivity contribution >= 4 is 23.2 Å². The molecule has 8 heteroatoms. The predicted molar refractivity (Wildman–Crippen MR) is 89.0 cm³/mol. The average Bonchev–Trinajstić information content (AvgIpc) is 2.58. The first-order valence-corrected chi connectivity index (χ1v) is 7.62. The van der Waals surface area contributed by atoms with Crippen molar-refractivity contribution < 1.29 is 14.8 Å². The normalized spacial score (nSPS) is 11.8. The van der Waals surface area contributed by atoms with Gasteiger partial charge in [-0.2, -0.15) is 0 Å². The number of pyridine rings is 1. The van der Waals surface area contributed by atoms with Crippen molar-refractivity contribution in [3.05, 3.63) is 69.0 Å². The fourth-order valence-corrected chi connectivity index (χ4v) is 2.40. The van der Waals surface area contributed by atoms with E-state index < -0.39 is 10.8 Å². The van der Waals surface area contributed by atoms with E-state index in [1.54, 1.807) is 12.3 Å². The second kappa shape index (κ2) is 8.37. The van der Waals surface area contributed by atoms with Gasteiger partial charge in [-0.1, -0.05) is 17.7 Å². The molecule has 0 saturated carbocycles. The minimum Gasteiger partial charge on any atom is -0.396 e. The van der Waals surface area contributed by atoms with E-state index in [4.69, 9.17) is 11.6 Å². The molecule has 2 N–H and O–H groups in total. The Labute approximate surface area is 143 Å². The van der Waals surface area contributed by atoms with Crippen LogP contribution in [0, 0.1) is 16.0 Å². The number of carbonyl (C=O) groups is 1. The number of aliphatic hydroxyl groups excluding tert-OH is 1. The van der Waals surface area contributed by atoms with E-state index >= 15 is 0 Å². The Morgan fingerprint density at radius 2 is 2.17 bits per heavy atom. The molecule has 2 rings (SSSR count). The molecule has 0 fully saturated rings. The van der Waals surface area contributed by atoms with Crippen LogP contribution in [0.4, 0.5) is 5.69 Å². The lowest BCUT2D eigenvalue weighted by Crippen LogP contribution is -2.32. The highest BCUT2D eigenvalue weighted by Crippen LogP contribution is 2.24. The third-order valence-corrected chi connectivity index (χ3v) is 3.74. The van der Waals surface area contributed by atoms with Crippen molar-refractivity contribution in [2.24, 2.45) is 5.92 Å². The van der Waals surface area contributed by atoms with Gasteiger partial charge in [0.2, 0.25) is 0 Å². The molecule has 1 aromatic heterocycles. The van der Waals surface area contributed by atoms with Crippen LogP contribution in [-0.4, -0.2) is 34.1 Å². The first-order valence-electron chi connectivity index (χ1n) is 7.24. The second-order valence-electron chi connectivity index (χ2n) is 5.21. The van der Waals surface area contributed by atoms with Crippen LogP contribution in [0.15, 0.2) is 42.6 Å². The molecule has 0 bridgehead atoms. The van der Waals surface area contributed by atoms with Gasteiger partial charge in [0.1, 0.15) is 5.02 Å². The highest BCUT2D eigenvalue weighted by molar-refractivity contribution is 6.33. The van der Waals surface area contributed by atoms with Crippen LogP contribution in [0.5, 0.6) is 0 Å². The minimum absolute atomic E-state index is 0.0974. The predicted octanol–water partition coefficient (Wildman–Crippen LogP) is 2.22. The van der Waals surface area contributed by atoms with E-state index in [0.29, 0.717) is 6.42 Å². The number of rotatable bonds is 7. The number of amides is 1. The van der Waals surface area contributed by atoms with Gasteiger partial charge in [-0.3, -0.25) is 19.9 Å². The SMILES string of the molecule is O=C(NCC(CO)Cc1ccccn1)c1ccc([N+](=O)[O-])c(Cl)c1. The molecule has 1 amide bonds. The average molecular weight is 350 g/mol. The maximum Gasteiger partial charge on any atom is 0.287 e. The quantitative estimate of drug-likeness (QED) is 0.589. The second-order valence-corrected chi connectivity index (χ2v) is 5.61. The van der Waals surface area contributed by atoms with Gasteiger partial charge in [-0.15, -0.1) is 0 Å². The zero-order valence-electron chi connectivity index (χ0n) is 12.7. The molecular weight excluding hydrogens is 334 g/mol. The summed E-state index contributed by atoms with van der Waals surface area (Å²) < 4.78 is 0. The number of hydrogen-bond acceptors (Lipinski definition) is 5. The Bertz CT molecular complexity index is 725. The maximum atomic E-state index is 12.1. The van der Waals surface area contributed by atoms with Crippen LogP contribution in [0.25, 0.3) is 0 Å². The van der Waals surface area contributed by atoms with E-state index in [0.717, 1.165) is 5.69 Å². The number of benzene rings is 1. The molecular formula is C16H16ClN3O4. The monoisotopic (exact) mass is 349 g/mol. The van der Waals surface area contributed by atoms with Gasteiger partial charge >= 0.3 is 0 Å². The summed E-state index contributed by atoms with van der Waals surface area (Å²) in [4.78, 5) is 26.4. The van der Waals surface area contributed by atoms with E-state index in [1.165, 1.54) is 18.2 Å². The lowest BCUT2D eigenvalue weighted by molar-refractivity contribution is -0.384. The lowest BCUT2D eigenvalue weighted by atomic mass is 10.0. The maximum absolute atomic E-state index is 12.1. The van der Waals surface area contributed by atoms with Gasteiger partial charge in [0.15, 0.2) is 0 Å². The number of carbonyl (C=O) groups excluding carboxylic acids is 1. The molecule has 1 heterocycles. The minimum atomic E-state index is -0.612. The Kier molecular flexibility index (Phi) is 6.22. The largest absolute Gasteiger partial charge is 0.396 e. The summed E-state index contributed by atoms with van der Waals surface area (Å²) in [6.07, 6.45) is 2.19. The molecule has 0 aliphatic heterocycles. The van der Waals surface area contributed by atoms with E-state index in [9.17, 15) is 20.0 Å². The van der Waals surface area contributed by atoms with Crippen molar-refractivity contribution in [2.75, 3.05) is 13.2 Å². The Morgan fingerprint density at radius 3 is 2.75 bits per heavy atom. The van der Waals surface area contributed by atoms with Crippen molar-refractivity contribution in [1.82, 2.24) is 10.3 Å². The molecule has 24 heavy (non-hydrogen) atoms. The molecule has 2 aromatic rings. The standard InChI is InChI=1S/C16H16ClN3O4/c17-14-8-12(4-5-15(14)20(23)24)16(22)19-9-11(10-21)7-13-3-1-2-6-18-13/h1-6,8,11,21H,7,9-10H2,(H,19,22). The molecule has 1 atom stereocenters. The Morgan fingerprint density at radius 1 is 1.38 bits per heavy atom. The van der Waals surface area contributed by atoms with Crippen LogP contribution >= 0.6 is 11.6 Å². The summed E-state index contributed by atoms with van der Waals surface area (Å²) in [7, 11) is 0. The zero-order valence-corrected chi connectivity index (χ0v) is 13.4. The third kappa shape index (κ3) is 4.74. The van der Waals surface area contributed by atoms with Gasteiger partial charge < -0.3 is 10.4 Å². The molecule has 0 radical (unpaired) electrons. The summed E-state index contributed by atoms with van der Waals surface area (Å²) in [6, 6.07) is 9.29. The third-order valence-electron chi connectivity index (χ3n) is 3.44. The smallest absolute Gasteiger partial charge is 0.287 e. The molecule has 0 aliphatic carbocycles. The van der Waals surface area contributed by atoms with Crippen LogP contribution in [0.1, 0.15) is 16.1 Å². The fraction of sp³-hybridized carbons (Fsp3) is 0.250. The Balaban J connectivity index is 1.96. The number of nitrogens with zero attached hydrogens (tertiary/aromatic N) is 2. The van der Waals surface area contributed by atoms with E-state index in [1.807, 2.05) is 12.1 Å². The molecule has 0 aliphatic rings. The molecule has 7 nitrogen and oxygen atoms in total. The van der Waals surface area contributed by atoms with E-state index in [2.05, 4.69) is 10.3 Å². The number of nitro groups is 1. The topological polar surface area (TPSA) is 105 Å².